The van der Waals surface area contributed by atoms with Gasteiger partial charge in [0.05, 0.1) is 0 Å². The number of hydrogen-bond acceptors (Lipinski definition) is 5. The predicted molar refractivity (Wildman–Crippen MR) is 34.9 cm³/mol. The molecule has 0 aliphatic heterocycles. The molecule has 0 aliphatic rings. The SMILES string of the molecule is O=COCOC(=O)/C=C/C(=O)O. The third-order valence-electron chi connectivity index (χ3n) is 0.699. The van der Waals surface area contributed by atoms with Crippen LogP contribution < -0.4 is 0 Å². The molecule has 0 spiro atoms. The van der Waals surface area contributed by atoms with E-state index in [4.69, 9.17) is 5.11 Å². The van der Waals surface area contributed by atoms with E-state index in [0.29, 0.717) is 12.2 Å². The highest BCUT2D eigenvalue weighted by Crippen LogP contribution is 1.81. The van der Waals surface area contributed by atoms with Crippen molar-refractivity contribution in [3.63, 3.8) is 0 Å². The first-order chi connectivity index (χ1) is 5.66. The molecular formula is C6H6O6. The van der Waals surface area contributed by atoms with E-state index in [9.17, 15) is 14.4 Å². The lowest BCUT2D eigenvalue weighted by atomic mass is 10.5. The first-order valence-electron chi connectivity index (χ1n) is 2.80. The molecule has 66 valence electrons. The van der Waals surface area contributed by atoms with E-state index in [1.54, 1.807) is 0 Å². The Hall–Kier alpha value is -1.85. The van der Waals surface area contributed by atoms with E-state index in [1.165, 1.54) is 0 Å². The summed E-state index contributed by atoms with van der Waals surface area (Å²) in [6, 6.07) is 0. The molecule has 0 radical (unpaired) electrons. The Morgan fingerprint density at radius 1 is 1.33 bits per heavy atom. The van der Waals surface area contributed by atoms with Crippen LogP contribution >= 0.6 is 0 Å². The van der Waals surface area contributed by atoms with Crippen molar-refractivity contribution in [2.24, 2.45) is 0 Å². The maximum Gasteiger partial charge on any atom is 0.333 e. The minimum absolute atomic E-state index is 0.105. The standard InChI is InChI=1S/C6H6O6/c7-3-11-4-12-6(10)2-1-5(8)9/h1-3H,4H2,(H,8,9)/b2-1+. The van der Waals surface area contributed by atoms with Crippen molar-refractivity contribution in [3.05, 3.63) is 12.2 Å². The largest absolute Gasteiger partial charge is 0.478 e. The van der Waals surface area contributed by atoms with E-state index in [-0.39, 0.29) is 6.47 Å². The smallest absolute Gasteiger partial charge is 0.333 e. The molecule has 0 fully saturated rings. The molecule has 0 saturated carbocycles. The molecule has 1 N–H and O–H groups in total. The molecule has 6 heteroatoms. The summed E-state index contributed by atoms with van der Waals surface area (Å²) < 4.78 is 8.20. The third kappa shape index (κ3) is 6.27. The van der Waals surface area contributed by atoms with Crippen molar-refractivity contribution in [2.75, 3.05) is 6.79 Å². The Balaban J connectivity index is 3.59. The second-order valence-corrected chi connectivity index (χ2v) is 1.52. The summed E-state index contributed by atoms with van der Waals surface area (Å²) in [5.74, 6) is -2.15. The predicted octanol–water partition coefficient (Wildman–Crippen LogP) is -0.699. The van der Waals surface area contributed by atoms with Crippen LogP contribution in [0.2, 0.25) is 0 Å². The van der Waals surface area contributed by atoms with Gasteiger partial charge in [-0.2, -0.15) is 0 Å². The second-order valence-electron chi connectivity index (χ2n) is 1.52. The van der Waals surface area contributed by atoms with E-state index in [2.05, 4.69) is 9.47 Å². The Bertz CT molecular complexity index is 206. The fourth-order valence-corrected chi connectivity index (χ4v) is 0.307. The number of hydrogen-bond donors (Lipinski definition) is 1. The average Bonchev–Trinajstić information content (AvgIpc) is 2.01. The molecule has 0 saturated heterocycles. The summed E-state index contributed by atoms with van der Waals surface area (Å²) in [6.07, 6.45) is 1.32. The summed E-state index contributed by atoms with van der Waals surface area (Å²) in [6.45, 7) is -0.416. The van der Waals surface area contributed by atoms with E-state index < -0.39 is 18.7 Å². The maximum atomic E-state index is 10.5. The maximum absolute atomic E-state index is 10.5. The Kier molecular flexibility index (Phi) is 4.99. The lowest BCUT2D eigenvalue weighted by molar-refractivity contribution is -0.155. The topological polar surface area (TPSA) is 89.9 Å². The van der Waals surface area contributed by atoms with E-state index in [1.807, 2.05) is 0 Å². The first-order valence-corrected chi connectivity index (χ1v) is 2.80. The van der Waals surface area contributed by atoms with Gasteiger partial charge in [0.25, 0.3) is 6.47 Å². The minimum atomic E-state index is -1.26. The number of ether oxygens (including phenoxy) is 2. The molecule has 0 aromatic rings. The number of carbonyl (C=O) groups is 3. The van der Waals surface area contributed by atoms with Gasteiger partial charge in [0, 0.05) is 12.2 Å². The highest BCUT2D eigenvalue weighted by Gasteiger charge is 1.96. The normalized spacial score (nSPS) is 9.33. The summed E-state index contributed by atoms with van der Waals surface area (Å²) in [5, 5.41) is 8.05. The molecule has 0 aromatic heterocycles. The number of rotatable bonds is 5. The number of aliphatic carboxylic acids is 1. The van der Waals surface area contributed by atoms with Gasteiger partial charge in [-0.1, -0.05) is 0 Å². The molecule has 0 aromatic carbocycles. The fourth-order valence-electron chi connectivity index (χ4n) is 0.307. The number of esters is 1. The molecule has 0 unspecified atom stereocenters. The van der Waals surface area contributed by atoms with Crippen LogP contribution in [0.4, 0.5) is 0 Å². The van der Waals surface area contributed by atoms with Crippen molar-refractivity contribution in [3.8, 4) is 0 Å². The molecule has 0 aliphatic carbocycles. The summed E-state index contributed by atoms with van der Waals surface area (Å²) in [4.78, 5) is 29.8. The minimum Gasteiger partial charge on any atom is -0.478 e. The van der Waals surface area contributed by atoms with Gasteiger partial charge in [0.1, 0.15) is 0 Å². The first kappa shape index (κ1) is 10.2. The summed E-state index contributed by atoms with van der Waals surface area (Å²) >= 11 is 0. The molecule has 0 heterocycles. The van der Waals surface area contributed by atoms with Gasteiger partial charge >= 0.3 is 11.9 Å². The highest BCUT2D eigenvalue weighted by molar-refractivity contribution is 5.90. The second kappa shape index (κ2) is 5.90. The Labute approximate surface area is 67.4 Å². The van der Waals surface area contributed by atoms with Crippen molar-refractivity contribution in [1.82, 2.24) is 0 Å². The quantitative estimate of drug-likeness (QED) is 0.195. The average molecular weight is 174 g/mol. The monoisotopic (exact) mass is 174 g/mol. The van der Waals surface area contributed by atoms with Crippen LogP contribution in [-0.2, 0) is 23.9 Å². The molecule has 0 bridgehead atoms. The van der Waals surface area contributed by atoms with Crippen molar-refractivity contribution in [2.45, 2.75) is 0 Å². The van der Waals surface area contributed by atoms with Crippen molar-refractivity contribution < 1.29 is 29.0 Å². The summed E-state index contributed by atoms with van der Waals surface area (Å²) in [5.41, 5.74) is 0. The lowest BCUT2D eigenvalue weighted by Crippen LogP contribution is -2.05. The van der Waals surface area contributed by atoms with Crippen molar-refractivity contribution >= 4 is 18.4 Å². The van der Waals surface area contributed by atoms with Crippen LogP contribution in [-0.4, -0.2) is 30.3 Å². The number of carbonyl (C=O) groups excluding carboxylic acids is 2. The van der Waals surface area contributed by atoms with Gasteiger partial charge < -0.3 is 14.6 Å². The van der Waals surface area contributed by atoms with Gasteiger partial charge in [0.15, 0.2) is 0 Å². The van der Waals surface area contributed by atoms with Crippen LogP contribution in [0.5, 0.6) is 0 Å². The van der Waals surface area contributed by atoms with Crippen LogP contribution in [0, 0.1) is 0 Å². The van der Waals surface area contributed by atoms with Crippen LogP contribution in [0.25, 0.3) is 0 Å². The van der Waals surface area contributed by atoms with Gasteiger partial charge in [-0.25, -0.2) is 9.59 Å². The number of carboxylic acids is 1. The Morgan fingerprint density at radius 2 is 2.00 bits per heavy atom. The molecular weight excluding hydrogens is 168 g/mol. The zero-order valence-corrected chi connectivity index (χ0v) is 5.93. The van der Waals surface area contributed by atoms with Gasteiger partial charge in [0.2, 0.25) is 6.79 Å². The van der Waals surface area contributed by atoms with Crippen LogP contribution in [0.3, 0.4) is 0 Å². The highest BCUT2D eigenvalue weighted by atomic mass is 16.7. The Morgan fingerprint density at radius 3 is 2.50 bits per heavy atom. The van der Waals surface area contributed by atoms with E-state index >= 15 is 0 Å². The zero-order valence-electron chi connectivity index (χ0n) is 5.93. The number of carboxylic acid groups (broad SMARTS) is 1. The van der Waals surface area contributed by atoms with Gasteiger partial charge in [-0.05, 0) is 0 Å². The van der Waals surface area contributed by atoms with Gasteiger partial charge in [-0.3, -0.25) is 4.79 Å². The molecule has 0 rings (SSSR count). The fraction of sp³-hybridized carbons (Fsp3) is 0.167. The van der Waals surface area contributed by atoms with E-state index in [0.717, 1.165) is 0 Å². The van der Waals surface area contributed by atoms with Crippen molar-refractivity contribution in [1.29, 1.82) is 0 Å². The van der Waals surface area contributed by atoms with Crippen LogP contribution in [0.1, 0.15) is 0 Å². The molecule has 12 heavy (non-hydrogen) atoms. The third-order valence-corrected chi connectivity index (χ3v) is 0.699. The van der Waals surface area contributed by atoms with Gasteiger partial charge in [-0.15, -0.1) is 0 Å². The molecule has 6 nitrogen and oxygen atoms in total. The molecule has 0 atom stereocenters. The zero-order chi connectivity index (χ0) is 9.40. The summed E-state index contributed by atoms with van der Waals surface area (Å²) in [7, 11) is 0. The lowest BCUT2D eigenvalue weighted by Gasteiger charge is -1.96. The molecule has 0 amide bonds. The van der Waals surface area contributed by atoms with Crippen LogP contribution in [0.15, 0.2) is 12.2 Å².